The second-order valence-corrected chi connectivity index (χ2v) is 5.73. The van der Waals surface area contributed by atoms with E-state index in [0.717, 1.165) is 11.3 Å². The second kappa shape index (κ2) is 8.26. The molecule has 0 unspecified atom stereocenters. The molecule has 0 aliphatic heterocycles. The van der Waals surface area contributed by atoms with E-state index in [9.17, 15) is 9.59 Å². The molecule has 0 saturated carbocycles. The summed E-state index contributed by atoms with van der Waals surface area (Å²) in [5.74, 6) is -0.186. The van der Waals surface area contributed by atoms with Crippen molar-refractivity contribution in [1.82, 2.24) is 4.98 Å². The fourth-order valence-electron chi connectivity index (χ4n) is 1.90. The van der Waals surface area contributed by atoms with Gasteiger partial charge in [-0.05, 0) is 32.0 Å². The van der Waals surface area contributed by atoms with Gasteiger partial charge in [0.05, 0.1) is 12.3 Å². The number of amides is 1. The Hall–Kier alpha value is -2.67. The Morgan fingerprint density at radius 2 is 2.21 bits per heavy atom. The fourth-order valence-corrected chi connectivity index (χ4v) is 2.76. The molecule has 0 aliphatic carbocycles. The van der Waals surface area contributed by atoms with Crippen molar-refractivity contribution in [3.8, 4) is 5.75 Å². The number of anilines is 1. The van der Waals surface area contributed by atoms with Crippen LogP contribution in [0.5, 0.6) is 5.75 Å². The molecule has 2 aromatic rings. The topological polar surface area (TPSA) is 77.5 Å². The summed E-state index contributed by atoms with van der Waals surface area (Å²) in [6, 6.07) is 6.85. The van der Waals surface area contributed by atoms with Gasteiger partial charge in [0.15, 0.2) is 5.13 Å². The molecular weight excluding hydrogens is 328 g/mol. The van der Waals surface area contributed by atoms with Gasteiger partial charge in [-0.15, -0.1) is 0 Å². The average molecular weight is 346 g/mol. The number of nitrogens with one attached hydrogen (secondary N) is 1. The summed E-state index contributed by atoms with van der Waals surface area (Å²) in [5.41, 5.74) is 0.956. The Morgan fingerprint density at radius 3 is 2.92 bits per heavy atom. The van der Waals surface area contributed by atoms with Crippen LogP contribution in [0, 0.1) is 6.92 Å². The molecule has 0 saturated heterocycles. The van der Waals surface area contributed by atoms with Crippen LogP contribution in [-0.2, 0) is 4.74 Å². The van der Waals surface area contributed by atoms with Crippen LogP contribution in [0.25, 0.3) is 0 Å². The summed E-state index contributed by atoms with van der Waals surface area (Å²) in [4.78, 5) is 28.7. The molecular formula is C17H18N2O4S. The average Bonchev–Trinajstić information content (AvgIpc) is 2.93. The van der Waals surface area contributed by atoms with Crippen LogP contribution in [0.2, 0.25) is 0 Å². The molecule has 1 N–H and O–H groups in total. The number of benzene rings is 1. The molecule has 0 bridgehead atoms. The van der Waals surface area contributed by atoms with Gasteiger partial charge in [-0.3, -0.25) is 10.1 Å². The number of aromatic nitrogens is 1. The maximum atomic E-state index is 12.3. The van der Waals surface area contributed by atoms with Gasteiger partial charge in [0.25, 0.3) is 5.91 Å². The molecule has 126 valence electrons. The number of hydrogen-bond acceptors (Lipinski definition) is 6. The maximum absolute atomic E-state index is 12.3. The molecule has 2 rings (SSSR count). The number of thiazole rings is 1. The van der Waals surface area contributed by atoms with Crippen LogP contribution >= 0.6 is 11.3 Å². The molecule has 0 aliphatic rings. The van der Waals surface area contributed by atoms with E-state index in [-0.39, 0.29) is 12.5 Å². The van der Waals surface area contributed by atoms with Gasteiger partial charge in [0, 0.05) is 5.56 Å². The van der Waals surface area contributed by atoms with Gasteiger partial charge >= 0.3 is 5.97 Å². The molecule has 1 amide bonds. The lowest BCUT2D eigenvalue weighted by atomic mass is 10.2. The van der Waals surface area contributed by atoms with E-state index in [1.54, 1.807) is 31.2 Å². The molecule has 1 aromatic heterocycles. The number of nitrogens with zero attached hydrogens (tertiary/aromatic N) is 1. The third kappa shape index (κ3) is 4.42. The number of hydrogen-bond donors (Lipinski definition) is 1. The Labute approximate surface area is 144 Å². The summed E-state index contributed by atoms with van der Waals surface area (Å²) < 4.78 is 10.4. The van der Waals surface area contributed by atoms with Crippen molar-refractivity contribution >= 4 is 28.3 Å². The quantitative estimate of drug-likeness (QED) is 0.614. The largest absolute Gasteiger partial charge is 0.494 e. The Bertz CT molecular complexity index is 755. The fraction of sp³-hybridized carbons (Fsp3) is 0.235. The van der Waals surface area contributed by atoms with Crippen molar-refractivity contribution in [2.24, 2.45) is 0 Å². The minimum Gasteiger partial charge on any atom is -0.494 e. The van der Waals surface area contributed by atoms with E-state index in [2.05, 4.69) is 16.9 Å². The van der Waals surface area contributed by atoms with Gasteiger partial charge in [0.1, 0.15) is 17.2 Å². The van der Waals surface area contributed by atoms with E-state index >= 15 is 0 Å². The van der Waals surface area contributed by atoms with Crippen molar-refractivity contribution < 1.29 is 19.1 Å². The van der Waals surface area contributed by atoms with Crippen LogP contribution in [0.3, 0.4) is 0 Å². The minimum absolute atomic E-state index is 0.127. The van der Waals surface area contributed by atoms with Crippen LogP contribution in [0.4, 0.5) is 5.13 Å². The molecule has 1 aromatic carbocycles. The van der Waals surface area contributed by atoms with Crippen LogP contribution < -0.4 is 10.1 Å². The lowest BCUT2D eigenvalue weighted by molar-refractivity contribution is 0.0554. The predicted molar refractivity (Wildman–Crippen MR) is 92.9 cm³/mol. The Balaban J connectivity index is 2.10. The third-order valence-corrected chi connectivity index (χ3v) is 3.99. The van der Waals surface area contributed by atoms with E-state index in [1.807, 2.05) is 6.92 Å². The van der Waals surface area contributed by atoms with Crippen molar-refractivity contribution in [2.75, 3.05) is 18.5 Å². The van der Waals surface area contributed by atoms with E-state index < -0.39 is 5.97 Å². The second-order valence-electron chi connectivity index (χ2n) is 4.74. The van der Waals surface area contributed by atoms with Crippen molar-refractivity contribution in [2.45, 2.75) is 13.8 Å². The summed E-state index contributed by atoms with van der Waals surface area (Å²) in [7, 11) is 0. The molecule has 6 nitrogen and oxygen atoms in total. The summed E-state index contributed by atoms with van der Waals surface area (Å²) in [6.45, 7) is 7.70. The minimum atomic E-state index is -0.483. The molecule has 0 atom stereocenters. The van der Waals surface area contributed by atoms with Crippen molar-refractivity contribution in [1.29, 1.82) is 0 Å². The van der Waals surface area contributed by atoms with Gasteiger partial charge in [0.2, 0.25) is 0 Å². The lowest BCUT2D eigenvalue weighted by Gasteiger charge is -2.05. The normalized spacial score (nSPS) is 10.1. The highest BCUT2D eigenvalue weighted by Gasteiger charge is 2.18. The van der Waals surface area contributed by atoms with E-state index in [1.165, 1.54) is 6.08 Å². The smallest absolute Gasteiger partial charge is 0.350 e. The van der Waals surface area contributed by atoms with Crippen LogP contribution in [0.15, 0.2) is 36.9 Å². The monoisotopic (exact) mass is 346 g/mol. The number of rotatable bonds is 7. The lowest BCUT2D eigenvalue weighted by Crippen LogP contribution is -2.11. The van der Waals surface area contributed by atoms with Gasteiger partial charge in [-0.1, -0.05) is 30.1 Å². The van der Waals surface area contributed by atoms with Crippen molar-refractivity contribution in [3.63, 3.8) is 0 Å². The van der Waals surface area contributed by atoms with Gasteiger partial charge in [-0.25, -0.2) is 9.78 Å². The molecule has 1 heterocycles. The predicted octanol–water partition coefficient (Wildman–Crippen LogP) is 3.45. The molecule has 0 spiro atoms. The summed E-state index contributed by atoms with van der Waals surface area (Å²) in [6.07, 6.45) is 1.49. The first-order valence-corrected chi connectivity index (χ1v) is 8.16. The highest BCUT2D eigenvalue weighted by atomic mass is 32.1. The van der Waals surface area contributed by atoms with E-state index in [0.29, 0.717) is 33.6 Å². The first kappa shape index (κ1) is 17.7. The Kier molecular flexibility index (Phi) is 6.08. The number of carbonyl (C=O) groups is 2. The molecule has 0 radical (unpaired) electrons. The van der Waals surface area contributed by atoms with Crippen molar-refractivity contribution in [3.05, 3.63) is 53.1 Å². The van der Waals surface area contributed by atoms with E-state index in [4.69, 9.17) is 9.47 Å². The standard InChI is InChI=1S/C17H18N2O4S/c1-4-9-23-16(21)14-11(3)18-17(24-14)19-15(20)12-7-6-8-13(10-12)22-5-2/h4,6-8,10H,1,5,9H2,2-3H3,(H,18,19,20). The SMILES string of the molecule is C=CCOC(=O)c1sc(NC(=O)c2cccc(OCC)c2)nc1C. The highest BCUT2D eigenvalue weighted by molar-refractivity contribution is 7.17. The summed E-state index contributed by atoms with van der Waals surface area (Å²) >= 11 is 1.07. The molecule has 7 heteroatoms. The summed E-state index contributed by atoms with van der Waals surface area (Å²) in [5, 5.41) is 3.02. The third-order valence-electron chi connectivity index (χ3n) is 2.94. The van der Waals surface area contributed by atoms with Gasteiger partial charge in [-0.2, -0.15) is 0 Å². The zero-order valence-corrected chi connectivity index (χ0v) is 14.3. The maximum Gasteiger partial charge on any atom is 0.350 e. The Morgan fingerprint density at radius 1 is 1.42 bits per heavy atom. The highest BCUT2D eigenvalue weighted by Crippen LogP contribution is 2.24. The zero-order chi connectivity index (χ0) is 17.5. The molecule has 24 heavy (non-hydrogen) atoms. The zero-order valence-electron chi connectivity index (χ0n) is 13.5. The first-order chi connectivity index (χ1) is 11.5. The number of ether oxygens (including phenoxy) is 2. The van der Waals surface area contributed by atoms with Crippen LogP contribution in [-0.4, -0.2) is 30.1 Å². The van der Waals surface area contributed by atoms with Gasteiger partial charge < -0.3 is 9.47 Å². The van der Waals surface area contributed by atoms with Crippen LogP contribution in [0.1, 0.15) is 32.6 Å². The molecule has 0 fully saturated rings. The first-order valence-electron chi connectivity index (χ1n) is 7.34. The number of aryl methyl sites for hydroxylation is 1. The number of carbonyl (C=O) groups excluding carboxylic acids is 2. The number of esters is 1.